The van der Waals surface area contributed by atoms with Gasteiger partial charge in [-0.25, -0.2) is 17.7 Å². The molecule has 158 valence electrons. The minimum atomic E-state index is -3.10. The zero-order chi connectivity index (χ0) is 20.6. The summed E-state index contributed by atoms with van der Waals surface area (Å²) in [5, 5.41) is 7.30. The van der Waals surface area contributed by atoms with Crippen LogP contribution in [0.25, 0.3) is 0 Å². The van der Waals surface area contributed by atoms with Gasteiger partial charge in [0.15, 0.2) is 5.96 Å². The van der Waals surface area contributed by atoms with Crippen molar-refractivity contribution < 1.29 is 13.2 Å². The predicted octanol–water partition coefficient (Wildman–Crippen LogP) is 2.48. The highest BCUT2D eigenvalue weighted by Crippen LogP contribution is 2.18. The lowest BCUT2D eigenvalue weighted by molar-refractivity contribution is 0.230. The number of hydrogen-bond donors (Lipinski definition) is 2. The number of ether oxygens (including phenoxy) is 1. The molecule has 1 saturated heterocycles. The predicted molar refractivity (Wildman–Crippen MR) is 115 cm³/mol. The smallest absolute Gasteiger partial charge is 0.213 e. The molecule has 1 unspecified atom stereocenters. The number of nitrogens with one attached hydrogen (secondary N) is 2. The molecule has 2 N–H and O–H groups in total. The first-order valence-corrected chi connectivity index (χ1v) is 11.8. The molecule has 1 aromatic carbocycles. The molecule has 9 heteroatoms. The molecular weight excluding hydrogens is 400 g/mol. The summed E-state index contributed by atoms with van der Waals surface area (Å²) in [5.74, 6) is 1.60. The molecule has 0 spiro atoms. The first-order valence-electron chi connectivity index (χ1n) is 9.79. The van der Waals surface area contributed by atoms with E-state index in [1.165, 1.54) is 0 Å². The Hall–Kier alpha value is -1.51. The Labute approximate surface area is 173 Å². The zero-order valence-corrected chi connectivity index (χ0v) is 18.4. The molecule has 0 saturated carbocycles. The van der Waals surface area contributed by atoms with Gasteiger partial charge in [-0.2, -0.15) is 0 Å². The van der Waals surface area contributed by atoms with E-state index in [1.807, 2.05) is 32.0 Å². The van der Waals surface area contributed by atoms with Crippen LogP contribution in [0.15, 0.2) is 29.3 Å². The van der Waals surface area contributed by atoms with Crippen LogP contribution in [0, 0.1) is 0 Å². The highest BCUT2D eigenvalue weighted by Gasteiger charge is 2.27. The van der Waals surface area contributed by atoms with Gasteiger partial charge in [0, 0.05) is 30.7 Å². The van der Waals surface area contributed by atoms with Crippen molar-refractivity contribution >= 4 is 27.6 Å². The van der Waals surface area contributed by atoms with Crippen LogP contribution in [0.2, 0.25) is 5.02 Å². The quantitative estimate of drug-likeness (QED) is 0.489. The molecule has 1 aliphatic heterocycles. The second-order valence-electron chi connectivity index (χ2n) is 6.82. The van der Waals surface area contributed by atoms with Crippen LogP contribution >= 0.6 is 11.6 Å². The van der Waals surface area contributed by atoms with Gasteiger partial charge in [0.05, 0.1) is 12.3 Å². The molecule has 0 amide bonds. The fourth-order valence-electron chi connectivity index (χ4n) is 3.00. The molecule has 1 atom stereocenters. The topological polar surface area (TPSA) is 83.0 Å². The molecule has 1 aromatic rings. The number of halogens is 1. The van der Waals surface area contributed by atoms with Gasteiger partial charge in [-0.05, 0) is 51.8 Å². The Bertz CT molecular complexity index is 749. The summed E-state index contributed by atoms with van der Waals surface area (Å²) < 4.78 is 31.4. The number of sulfonamides is 1. The lowest BCUT2D eigenvalue weighted by atomic mass is 10.1. The Morgan fingerprint density at radius 3 is 2.68 bits per heavy atom. The van der Waals surface area contributed by atoms with Gasteiger partial charge < -0.3 is 15.4 Å². The lowest BCUT2D eigenvalue weighted by Crippen LogP contribution is -2.50. The van der Waals surface area contributed by atoms with Crippen molar-refractivity contribution in [1.29, 1.82) is 0 Å². The third-order valence-corrected chi connectivity index (χ3v) is 6.65. The summed E-state index contributed by atoms with van der Waals surface area (Å²) in [6.07, 6.45) is 1.42. The fourth-order valence-corrected chi connectivity index (χ4v) is 4.32. The van der Waals surface area contributed by atoms with Crippen molar-refractivity contribution in [3.05, 3.63) is 29.3 Å². The highest BCUT2D eigenvalue weighted by atomic mass is 35.5. The van der Waals surface area contributed by atoms with Crippen LogP contribution in [0.5, 0.6) is 5.75 Å². The molecule has 1 heterocycles. The third-order valence-electron chi connectivity index (χ3n) is 4.54. The Morgan fingerprint density at radius 1 is 1.36 bits per heavy atom. The van der Waals surface area contributed by atoms with Crippen molar-refractivity contribution in [3.8, 4) is 5.75 Å². The van der Waals surface area contributed by atoms with Crippen LogP contribution in [-0.4, -0.2) is 62.8 Å². The van der Waals surface area contributed by atoms with Gasteiger partial charge in [0.1, 0.15) is 11.9 Å². The number of benzene rings is 1. The molecule has 0 radical (unpaired) electrons. The highest BCUT2D eigenvalue weighted by molar-refractivity contribution is 7.89. The van der Waals surface area contributed by atoms with Crippen LogP contribution in [-0.2, 0) is 10.0 Å². The minimum Gasteiger partial charge on any atom is -0.489 e. The van der Waals surface area contributed by atoms with Crippen LogP contribution in [0.3, 0.4) is 0 Å². The second kappa shape index (κ2) is 10.9. The number of guanidine groups is 1. The van der Waals surface area contributed by atoms with E-state index in [9.17, 15) is 8.42 Å². The molecule has 7 nitrogen and oxygen atoms in total. The van der Waals surface area contributed by atoms with Gasteiger partial charge in [0.2, 0.25) is 10.0 Å². The minimum absolute atomic E-state index is 0.106. The van der Waals surface area contributed by atoms with Crippen molar-refractivity contribution in [2.24, 2.45) is 4.99 Å². The van der Waals surface area contributed by atoms with Gasteiger partial charge in [-0.3, -0.25) is 0 Å². The zero-order valence-electron chi connectivity index (χ0n) is 16.8. The second-order valence-corrected chi connectivity index (χ2v) is 9.52. The van der Waals surface area contributed by atoms with E-state index in [1.54, 1.807) is 17.3 Å². The molecule has 1 fully saturated rings. The van der Waals surface area contributed by atoms with Crippen LogP contribution < -0.4 is 15.4 Å². The number of rotatable bonds is 8. The van der Waals surface area contributed by atoms with Gasteiger partial charge >= 0.3 is 0 Å². The Morgan fingerprint density at radius 2 is 2.07 bits per heavy atom. The van der Waals surface area contributed by atoms with E-state index in [0.29, 0.717) is 24.7 Å². The van der Waals surface area contributed by atoms with Gasteiger partial charge in [-0.1, -0.05) is 17.7 Å². The Balaban J connectivity index is 1.87. The van der Waals surface area contributed by atoms with E-state index < -0.39 is 10.0 Å². The number of piperidine rings is 1. The average Bonchev–Trinajstić information content (AvgIpc) is 2.67. The van der Waals surface area contributed by atoms with E-state index in [-0.39, 0.29) is 17.9 Å². The molecule has 28 heavy (non-hydrogen) atoms. The summed E-state index contributed by atoms with van der Waals surface area (Å²) in [7, 11) is -3.10. The maximum atomic E-state index is 12.0. The fraction of sp³-hybridized carbons (Fsp3) is 0.632. The van der Waals surface area contributed by atoms with Gasteiger partial charge in [0.25, 0.3) is 0 Å². The van der Waals surface area contributed by atoms with Crippen LogP contribution in [0.4, 0.5) is 0 Å². The van der Waals surface area contributed by atoms with E-state index >= 15 is 0 Å². The van der Waals surface area contributed by atoms with Gasteiger partial charge in [-0.15, -0.1) is 0 Å². The summed E-state index contributed by atoms with van der Waals surface area (Å²) in [5.41, 5.74) is 0. The SMILES string of the molecule is CCNC(=NCC(C)Oc1cccc(Cl)c1)NC1CCN(S(=O)(=O)CC)CC1. The average molecular weight is 431 g/mol. The normalized spacial score (nSPS) is 17.9. The largest absolute Gasteiger partial charge is 0.489 e. The summed E-state index contributed by atoms with van der Waals surface area (Å²) in [6.45, 7) is 7.98. The number of aliphatic imine (C=N–C) groups is 1. The maximum Gasteiger partial charge on any atom is 0.213 e. The van der Waals surface area contributed by atoms with E-state index in [0.717, 1.165) is 31.1 Å². The van der Waals surface area contributed by atoms with E-state index in [4.69, 9.17) is 16.3 Å². The molecular formula is C19H31ClN4O3S. The van der Waals surface area contributed by atoms with Crippen molar-refractivity contribution in [2.75, 3.05) is 31.9 Å². The summed E-state index contributed by atoms with van der Waals surface area (Å²) >= 11 is 5.98. The first-order chi connectivity index (χ1) is 13.3. The first kappa shape index (κ1) is 22.8. The molecule has 2 rings (SSSR count). The van der Waals surface area contributed by atoms with E-state index in [2.05, 4.69) is 15.6 Å². The standard InChI is InChI=1S/C19H31ClN4O3S/c1-4-21-19(22-14-15(3)27-18-8-6-7-16(20)13-18)23-17-9-11-24(12-10-17)28(25,26)5-2/h6-8,13,15,17H,4-5,9-12,14H2,1-3H3,(H2,21,22,23). The molecule has 0 bridgehead atoms. The lowest BCUT2D eigenvalue weighted by Gasteiger charge is -2.32. The van der Waals surface area contributed by atoms with Crippen molar-refractivity contribution in [3.63, 3.8) is 0 Å². The van der Waals surface area contributed by atoms with Crippen LogP contribution in [0.1, 0.15) is 33.6 Å². The Kier molecular flexibility index (Phi) is 8.85. The summed E-state index contributed by atoms with van der Waals surface area (Å²) in [6, 6.07) is 7.51. The third kappa shape index (κ3) is 7.14. The number of hydrogen-bond acceptors (Lipinski definition) is 4. The number of nitrogens with zero attached hydrogens (tertiary/aromatic N) is 2. The van der Waals surface area contributed by atoms with Crippen molar-refractivity contribution in [2.45, 2.75) is 45.8 Å². The summed E-state index contributed by atoms with van der Waals surface area (Å²) in [4.78, 5) is 4.61. The van der Waals surface area contributed by atoms with Crippen molar-refractivity contribution in [1.82, 2.24) is 14.9 Å². The molecule has 0 aromatic heterocycles. The molecule has 1 aliphatic rings. The molecule has 0 aliphatic carbocycles. The maximum absolute atomic E-state index is 12.0. The monoisotopic (exact) mass is 430 g/mol.